The first-order valence-corrected chi connectivity index (χ1v) is 10.4. The fraction of sp³-hybridized carbons (Fsp3) is 0.762. The number of anilines is 1. The summed E-state index contributed by atoms with van der Waals surface area (Å²) in [6.45, 7) is 11.9. The molecule has 0 aliphatic rings. The van der Waals surface area contributed by atoms with Gasteiger partial charge in [-0.05, 0) is 32.6 Å². The monoisotopic (exact) mass is 363 g/mol. The molecule has 0 unspecified atom stereocenters. The third-order valence-electron chi connectivity index (χ3n) is 4.50. The number of carbonyl (C=O) groups excluding carboxylic acids is 1. The summed E-state index contributed by atoms with van der Waals surface area (Å²) in [7, 11) is 0. The maximum atomic E-state index is 12.5. The number of rotatable bonds is 13. The summed E-state index contributed by atoms with van der Waals surface area (Å²) in [4.78, 5) is 24.1. The number of ether oxygens (including phenoxy) is 1. The van der Waals surface area contributed by atoms with E-state index in [1.165, 1.54) is 0 Å². The molecular weight excluding hydrogens is 326 g/mol. The Morgan fingerprint density at radius 1 is 1.08 bits per heavy atom. The van der Waals surface area contributed by atoms with Crippen LogP contribution in [0.5, 0.6) is 0 Å². The zero-order chi connectivity index (χ0) is 19.4. The highest BCUT2D eigenvalue weighted by atomic mass is 16.5. The van der Waals surface area contributed by atoms with E-state index in [-0.39, 0.29) is 5.97 Å². The number of carbonyl (C=O) groups is 1. The number of unbranched alkanes of at least 4 members (excludes halogenated alkanes) is 1. The number of aryl methyl sites for hydroxylation is 1. The second-order valence-electron chi connectivity index (χ2n) is 6.77. The maximum absolute atomic E-state index is 12.5. The minimum absolute atomic E-state index is 0.321. The van der Waals surface area contributed by atoms with Gasteiger partial charge in [0.15, 0.2) is 0 Å². The largest absolute Gasteiger partial charge is 0.462 e. The van der Waals surface area contributed by atoms with Crippen molar-refractivity contribution in [3.8, 4) is 0 Å². The highest BCUT2D eigenvalue weighted by Gasteiger charge is 2.25. The number of esters is 1. The van der Waals surface area contributed by atoms with Gasteiger partial charge in [-0.15, -0.1) is 0 Å². The molecule has 0 bridgehead atoms. The minimum atomic E-state index is -0.321. The molecule has 26 heavy (non-hydrogen) atoms. The molecule has 148 valence electrons. The smallest absolute Gasteiger partial charge is 0.343 e. The summed E-state index contributed by atoms with van der Waals surface area (Å²) in [6, 6.07) is 0.397. The first-order chi connectivity index (χ1) is 12.6. The summed E-state index contributed by atoms with van der Waals surface area (Å²) in [5, 5.41) is 0. The molecule has 0 saturated carbocycles. The van der Waals surface area contributed by atoms with Gasteiger partial charge in [-0.3, -0.25) is 0 Å². The van der Waals surface area contributed by atoms with Gasteiger partial charge >= 0.3 is 5.97 Å². The highest BCUT2D eigenvalue weighted by Crippen LogP contribution is 2.26. The topological polar surface area (TPSA) is 55.3 Å². The van der Waals surface area contributed by atoms with Crippen LogP contribution in [0.15, 0.2) is 6.20 Å². The van der Waals surface area contributed by atoms with Gasteiger partial charge in [-0.1, -0.05) is 47.0 Å². The van der Waals surface area contributed by atoms with Crippen molar-refractivity contribution in [2.75, 3.05) is 18.1 Å². The van der Waals surface area contributed by atoms with E-state index in [2.05, 4.69) is 37.6 Å². The lowest BCUT2D eigenvalue weighted by Crippen LogP contribution is -2.38. The average molecular weight is 364 g/mol. The van der Waals surface area contributed by atoms with Gasteiger partial charge in [-0.2, -0.15) is 0 Å². The van der Waals surface area contributed by atoms with E-state index in [4.69, 9.17) is 9.72 Å². The van der Waals surface area contributed by atoms with Crippen LogP contribution < -0.4 is 4.90 Å². The Balaban J connectivity index is 3.36. The molecule has 1 rings (SSSR count). The number of hydrogen-bond donors (Lipinski definition) is 0. The van der Waals surface area contributed by atoms with Crippen molar-refractivity contribution in [2.24, 2.45) is 0 Å². The zero-order valence-electron chi connectivity index (χ0n) is 17.4. The Morgan fingerprint density at radius 3 is 2.31 bits per heavy atom. The summed E-state index contributed by atoms with van der Waals surface area (Å²) in [5.74, 6) is 1.25. The van der Waals surface area contributed by atoms with Crippen LogP contribution in [-0.2, 0) is 11.2 Å². The summed E-state index contributed by atoms with van der Waals surface area (Å²) >= 11 is 0. The van der Waals surface area contributed by atoms with Crippen molar-refractivity contribution in [1.82, 2.24) is 9.97 Å². The lowest BCUT2D eigenvalue weighted by atomic mass is 10.0. The second-order valence-corrected chi connectivity index (χ2v) is 6.77. The van der Waals surface area contributed by atoms with Gasteiger partial charge in [-0.25, -0.2) is 14.8 Å². The minimum Gasteiger partial charge on any atom is -0.462 e. The van der Waals surface area contributed by atoms with Gasteiger partial charge in [0.2, 0.25) is 0 Å². The fourth-order valence-electron chi connectivity index (χ4n) is 3.24. The SMILES string of the molecule is CCCCN(c1nc(CCC)ncc1C(=O)OCC)C(CCC)CCC. The standard InChI is InChI=1S/C21H37N3O2/c1-6-11-15-24(17(12-7-2)13-8-3)20-18(21(25)26-10-5)16-22-19(23-20)14-9-4/h16-17H,6-15H2,1-5H3. The molecular formula is C21H37N3O2. The molecule has 0 aliphatic heterocycles. The van der Waals surface area contributed by atoms with Crippen molar-refractivity contribution < 1.29 is 9.53 Å². The van der Waals surface area contributed by atoms with Crippen LogP contribution in [0.3, 0.4) is 0 Å². The summed E-state index contributed by atoms with van der Waals surface area (Å²) in [5.41, 5.74) is 0.500. The molecule has 0 saturated heterocycles. The Hall–Kier alpha value is -1.65. The van der Waals surface area contributed by atoms with E-state index in [0.29, 0.717) is 18.2 Å². The quantitative estimate of drug-likeness (QED) is 0.452. The molecule has 0 amide bonds. The Labute approximate surface area is 159 Å². The molecule has 5 heteroatoms. The van der Waals surface area contributed by atoms with Crippen LogP contribution >= 0.6 is 0 Å². The lowest BCUT2D eigenvalue weighted by Gasteiger charge is -2.34. The summed E-state index contributed by atoms with van der Waals surface area (Å²) < 4.78 is 5.28. The van der Waals surface area contributed by atoms with Crippen molar-refractivity contribution in [3.05, 3.63) is 17.6 Å². The third kappa shape index (κ3) is 6.58. The molecule has 0 N–H and O–H groups in total. The number of nitrogens with zero attached hydrogens (tertiary/aromatic N) is 3. The molecule has 0 spiro atoms. The van der Waals surface area contributed by atoms with E-state index in [9.17, 15) is 4.79 Å². The Morgan fingerprint density at radius 2 is 1.77 bits per heavy atom. The van der Waals surface area contributed by atoms with Crippen LogP contribution in [0.1, 0.15) is 95.7 Å². The van der Waals surface area contributed by atoms with Gasteiger partial charge in [0, 0.05) is 25.2 Å². The predicted octanol–water partition coefficient (Wildman–Crippen LogP) is 5.18. The van der Waals surface area contributed by atoms with Crippen LogP contribution in [-0.4, -0.2) is 35.1 Å². The molecule has 0 atom stereocenters. The first kappa shape index (κ1) is 22.4. The van der Waals surface area contributed by atoms with Crippen LogP contribution in [0.25, 0.3) is 0 Å². The summed E-state index contributed by atoms with van der Waals surface area (Å²) in [6.07, 6.45) is 10.1. The van der Waals surface area contributed by atoms with Crippen molar-refractivity contribution >= 4 is 11.8 Å². The van der Waals surface area contributed by atoms with E-state index >= 15 is 0 Å². The van der Waals surface area contributed by atoms with Crippen molar-refractivity contribution in [2.45, 2.75) is 92.0 Å². The molecule has 5 nitrogen and oxygen atoms in total. The van der Waals surface area contributed by atoms with Crippen molar-refractivity contribution in [1.29, 1.82) is 0 Å². The third-order valence-corrected chi connectivity index (χ3v) is 4.50. The molecule has 1 aromatic rings. The normalized spacial score (nSPS) is 11.0. The lowest BCUT2D eigenvalue weighted by molar-refractivity contribution is 0.0526. The van der Waals surface area contributed by atoms with E-state index in [1.54, 1.807) is 6.20 Å². The van der Waals surface area contributed by atoms with Gasteiger partial charge < -0.3 is 9.64 Å². The van der Waals surface area contributed by atoms with E-state index in [1.807, 2.05) is 6.92 Å². The molecule has 1 heterocycles. The average Bonchev–Trinajstić information content (AvgIpc) is 2.63. The second kappa shape index (κ2) is 12.7. The van der Waals surface area contributed by atoms with E-state index < -0.39 is 0 Å². The molecule has 0 aliphatic carbocycles. The predicted molar refractivity (Wildman–Crippen MR) is 108 cm³/mol. The highest BCUT2D eigenvalue weighted by molar-refractivity contribution is 5.94. The van der Waals surface area contributed by atoms with E-state index in [0.717, 1.165) is 69.6 Å². The number of hydrogen-bond acceptors (Lipinski definition) is 5. The van der Waals surface area contributed by atoms with Crippen LogP contribution in [0, 0.1) is 0 Å². The maximum Gasteiger partial charge on any atom is 0.343 e. The Bertz CT molecular complexity index is 528. The zero-order valence-corrected chi connectivity index (χ0v) is 17.4. The molecule has 0 fully saturated rings. The fourth-order valence-corrected chi connectivity index (χ4v) is 3.24. The Kier molecular flexibility index (Phi) is 10.9. The number of aromatic nitrogens is 2. The first-order valence-electron chi connectivity index (χ1n) is 10.4. The van der Waals surface area contributed by atoms with Crippen molar-refractivity contribution in [3.63, 3.8) is 0 Å². The van der Waals surface area contributed by atoms with Crippen LogP contribution in [0.2, 0.25) is 0 Å². The molecule has 1 aromatic heterocycles. The van der Waals surface area contributed by atoms with Gasteiger partial charge in [0.25, 0.3) is 0 Å². The van der Waals surface area contributed by atoms with Crippen LogP contribution in [0.4, 0.5) is 5.82 Å². The molecule has 0 aromatic carbocycles. The van der Waals surface area contributed by atoms with Gasteiger partial charge in [0.1, 0.15) is 17.2 Å². The molecule has 0 radical (unpaired) electrons. The van der Waals surface area contributed by atoms with Gasteiger partial charge in [0.05, 0.1) is 6.61 Å².